The average molecular weight is 431 g/mol. The van der Waals surface area contributed by atoms with Crippen LogP contribution in [-0.2, 0) is 7.05 Å². The van der Waals surface area contributed by atoms with Gasteiger partial charge in [0.2, 0.25) is 0 Å². The second-order valence-corrected chi connectivity index (χ2v) is 7.41. The predicted octanol–water partition coefficient (Wildman–Crippen LogP) is 3.32. The minimum Gasteiger partial charge on any atom is -0.493 e. The molecule has 0 spiro atoms. The molecule has 0 radical (unpaired) electrons. The first kappa shape index (κ1) is 22.1. The fraction of sp³-hybridized carbons (Fsp3) is 0.429. The lowest BCUT2D eigenvalue weighted by Gasteiger charge is -2.29. The summed E-state index contributed by atoms with van der Waals surface area (Å²) in [6.45, 7) is 2.11. The lowest BCUT2D eigenvalue weighted by Crippen LogP contribution is -2.38. The highest BCUT2D eigenvalue weighted by Crippen LogP contribution is 2.39. The molecule has 1 aliphatic rings. The standard InChI is InChI=1S/C21H25N3O7/c1-3-30-19-11-20(25)23(2)12-17(19)16-10-14(24(28)29)6-9-18(16)31-15-7-4-13(5-8-15)22-21(26)27/h6,9-13,15,22H,3-5,7-8H2,1-2H3,(H,26,27). The van der Waals surface area contributed by atoms with Gasteiger partial charge in [0.25, 0.3) is 11.2 Å². The van der Waals surface area contributed by atoms with E-state index in [-0.39, 0.29) is 23.4 Å². The summed E-state index contributed by atoms with van der Waals surface area (Å²) < 4.78 is 13.2. The van der Waals surface area contributed by atoms with Gasteiger partial charge in [0.15, 0.2) is 0 Å². The van der Waals surface area contributed by atoms with Crippen molar-refractivity contribution in [1.82, 2.24) is 9.88 Å². The van der Waals surface area contributed by atoms with E-state index in [1.807, 2.05) is 0 Å². The van der Waals surface area contributed by atoms with Gasteiger partial charge in [-0.2, -0.15) is 0 Å². The molecule has 3 rings (SSSR count). The number of carbonyl (C=O) groups is 1. The zero-order valence-corrected chi connectivity index (χ0v) is 17.4. The fourth-order valence-electron chi connectivity index (χ4n) is 3.71. The molecule has 1 heterocycles. The maximum absolute atomic E-state index is 12.1. The Morgan fingerprint density at radius 3 is 2.55 bits per heavy atom. The molecule has 0 aliphatic heterocycles. The molecule has 166 valence electrons. The molecule has 1 aliphatic carbocycles. The molecule has 31 heavy (non-hydrogen) atoms. The molecule has 1 aromatic heterocycles. The highest BCUT2D eigenvalue weighted by molar-refractivity contribution is 5.77. The normalized spacial score (nSPS) is 18.3. The number of amides is 1. The molecule has 0 unspecified atom stereocenters. The number of non-ortho nitro benzene ring substituents is 1. The first-order chi connectivity index (χ1) is 14.8. The van der Waals surface area contributed by atoms with E-state index in [9.17, 15) is 19.7 Å². The van der Waals surface area contributed by atoms with E-state index in [0.717, 1.165) is 0 Å². The van der Waals surface area contributed by atoms with Crippen molar-refractivity contribution in [1.29, 1.82) is 0 Å². The molecule has 0 bridgehead atoms. The Hall–Kier alpha value is -3.56. The van der Waals surface area contributed by atoms with Crippen LogP contribution in [0.25, 0.3) is 11.1 Å². The van der Waals surface area contributed by atoms with Crippen LogP contribution in [0.5, 0.6) is 11.5 Å². The number of hydrogen-bond donors (Lipinski definition) is 2. The van der Waals surface area contributed by atoms with Gasteiger partial charge < -0.3 is 24.5 Å². The van der Waals surface area contributed by atoms with Crippen molar-refractivity contribution in [2.45, 2.75) is 44.8 Å². The molecule has 2 N–H and O–H groups in total. The number of aryl methyl sites for hydroxylation is 1. The number of pyridine rings is 1. The summed E-state index contributed by atoms with van der Waals surface area (Å²) >= 11 is 0. The van der Waals surface area contributed by atoms with Gasteiger partial charge in [0.1, 0.15) is 11.5 Å². The number of ether oxygens (including phenoxy) is 2. The second-order valence-electron chi connectivity index (χ2n) is 7.41. The van der Waals surface area contributed by atoms with Crippen molar-refractivity contribution in [2.75, 3.05) is 6.61 Å². The van der Waals surface area contributed by atoms with E-state index < -0.39 is 11.0 Å². The van der Waals surface area contributed by atoms with Crippen LogP contribution in [-0.4, -0.2) is 39.4 Å². The largest absolute Gasteiger partial charge is 0.493 e. The Bertz CT molecular complexity index is 1030. The SMILES string of the molecule is CCOc1cc(=O)n(C)cc1-c1cc([N+](=O)[O-])ccc1OC1CCC(NC(=O)O)CC1. The van der Waals surface area contributed by atoms with Crippen LogP contribution in [0.4, 0.5) is 10.5 Å². The maximum atomic E-state index is 12.1. The summed E-state index contributed by atoms with van der Waals surface area (Å²) in [5.41, 5.74) is 0.611. The molecule has 1 aromatic carbocycles. The fourth-order valence-corrected chi connectivity index (χ4v) is 3.71. The van der Waals surface area contributed by atoms with Gasteiger partial charge in [-0.3, -0.25) is 14.9 Å². The molecular formula is C21H25N3O7. The molecular weight excluding hydrogens is 406 g/mol. The van der Waals surface area contributed by atoms with Crippen molar-refractivity contribution < 1.29 is 24.3 Å². The summed E-state index contributed by atoms with van der Waals surface area (Å²) in [6.07, 6.45) is 2.95. The van der Waals surface area contributed by atoms with E-state index in [4.69, 9.17) is 14.6 Å². The lowest BCUT2D eigenvalue weighted by molar-refractivity contribution is -0.384. The van der Waals surface area contributed by atoms with Crippen LogP contribution >= 0.6 is 0 Å². The number of nitro groups is 1. The third-order valence-electron chi connectivity index (χ3n) is 5.25. The zero-order chi connectivity index (χ0) is 22.5. The van der Waals surface area contributed by atoms with E-state index in [1.165, 1.54) is 22.8 Å². The van der Waals surface area contributed by atoms with Crippen LogP contribution in [0, 0.1) is 10.1 Å². The van der Waals surface area contributed by atoms with Crippen LogP contribution < -0.4 is 20.3 Å². The first-order valence-corrected chi connectivity index (χ1v) is 10.1. The summed E-state index contributed by atoms with van der Waals surface area (Å²) in [7, 11) is 1.59. The number of nitrogens with one attached hydrogen (secondary N) is 1. The van der Waals surface area contributed by atoms with Gasteiger partial charge in [-0.05, 0) is 38.7 Å². The monoisotopic (exact) mass is 431 g/mol. The summed E-state index contributed by atoms with van der Waals surface area (Å²) in [6, 6.07) is 5.58. The number of carboxylic acid groups (broad SMARTS) is 1. The van der Waals surface area contributed by atoms with E-state index in [2.05, 4.69) is 5.32 Å². The number of rotatable bonds is 7. The Morgan fingerprint density at radius 2 is 1.94 bits per heavy atom. The van der Waals surface area contributed by atoms with Crippen LogP contribution in [0.15, 0.2) is 35.3 Å². The molecule has 2 aromatic rings. The molecule has 10 nitrogen and oxygen atoms in total. The smallest absolute Gasteiger partial charge is 0.404 e. The lowest BCUT2D eigenvalue weighted by atomic mass is 9.93. The third-order valence-corrected chi connectivity index (χ3v) is 5.25. The Balaban J connectivity index is 1.95. The summed E-state index contributed by atoms with van der Waals surface area (Å²) in [4.78, 5) is 33.8. The van der Waals surface area contributed by atoms with Gasteiger partial charge in [0, 0.05) is 48.6 Å². The van der Waals surface area contributed by atoms with Crippen molar-refractivity contribution >= 4 is 11.8 Å². The van der Waals surface area contributed by atoms with E-state index in [0.29, 0.717) is 54.9 Å². The molecule has 1 fully saturated rings. The van der Waals surface area contributed by atoms with Gasteiger partial charge in [-0.25, -0.2) is 4.79 Å². The van der Waals surface area contributed by atoms with Crippen molar-refractivity contribution in [2.24, 2.45) is 7.05 Å². The number of hydrogen-bond acceptors (Lipinski definition) is 6. The minimum atomic E-state index is -1.04. The molecule has 10 heteroatoms. The first-order valence-electron chi connectivity index (χ1n) is 10.1. The van der Waals surface area contributed by atoms with Crippen molar-refractivity contribution in [3.63, 3.8) is 0 Å². The van der Waals surface area contributed by atoms with Crippen LogP contribution in [0.1, 0.15) is 32.6 Å². The number of aromatic nitrogens is 1. The molecule has 1 amide bonds. The minimum absolute atomic E-state index is 0.104. The van der Waals surface area contributed by atoms with Gasteiger partial charge in [-0.1, -0.05) is 0 Å². The number of nitro benzene ring substituents is 1. The molecule has 1 saturated carbocycles. The Kier molecular flexibility index (Phi) is 6.78. The van der Waals surface area contributed by atoms with Crippen molar-refractivity contribution in [3.05, 3.63) is 50.9 Å². The second kappa shape index (κ2) is 9.50. The molecule has 0 saturated heterocycles. The van der Waals surface area contributed by atoms with Gasteiger partial charge >= 0.3 is 6.09 Å². The topological polar surface area (TPSA) is 133 Å². The van der Waals surface area contributed by atoms with E-state index >= 15 is 0 Å². The van der Waals surface area contributed by atoms with Crippen LogP contribution in [0.2, 0.25) is 0 Å². The number of nitrogens with zero attached hydrogens (tertiary/aromatic N) is 2. The Morgan fingerprint density at radius 1 is 1.23 bits per heavy atom. The van der Waals surface area contributed by atoms with E-state index in [1.54, 1.807) is 26.2 Å². The summed E-state index contributed by atoms with van der Waals surface area (Å²) in [5.74, 6) is 0.769. The highest BCUT2D eigenvalue weighted by atomic mass is 16.6. The van der Waals surface area contributed by atoms with Crippen molar-refractivity contribution in [3.8, 4) is 22.6 Å². The van der Waals surface area contributed by atoms with Gasteiger partial charge in [-0.15, -0.1) is 0 Å². The quantitative estimate of drug-likeness (QED) is 0.507. The third kappa shape index (κ3) is 5.33. The highest BCUT2D eigenvalue weighted by Gasteiger charge is 2.25. The average Bonchev–Trinajstić information content (AvgIpc) is 2.72. The van der Waals surface area contributed by atoms with Gasteiger partial charge in [0.05, 0.1) is 17.6 Å². The zero-order valence-electron chi connectivity index (χ0n) is 17.4. The number of benzene rings is 1. The maximum Gasteiger partial charge on any atom is 0.404 e. The molecule has 0 atom stereocenters. The summed E-state index contributed by atoms with van der Waals surface area (Å²) in [5, 5.41) is 22.7. The predicted molar refractivity (Wildman–Crippen MR) is 113 cm³/mol. The van der Waals surface area contributed by atoms with Crippen LogP contribution in [0.3, 0.4) is 0 Å². The Labute approximate surface area is 178 Å².